The molecule has 3 heteroatoms. The van der Waals surface area contributed by atoms with Gasteiger partial charge in [-0.1, -0.05) is 43.3 Å². The van der Waals surface area contributed by atoms with Gasteiger partial charge in [-0.25, -0.2) is 0 Å². The van der Waals surface area contributed by atoms with E-state index in [1.807, 2.05) is 49.4 Å². The topological polar surface area (TPSA) is 46.2 Å². The van der Waals surface area contributed by atoms with E-state index in [-0.39, 0.29) is 11.8 Å². The van der Waals surface area contributed by atoms with Gasteiger partial charge in [0.15, 0.2) is 0 Å². The summed E-state index contributed by atoms with van der Waals surface area (Å²) in [5.41, 5.74) is 3.56. The van der Waals surface area contributed by atoms with Gasteiger partial charge in [-0.2, -0.15) is 0 Å². The summed E-state index contributed by atoms with van der Waals surface area (Å²) in [6.07, 6.45) is 0.931. The molecule has 1 N–H and O–H groups in total. The van der Waals surface area contributed by atoms with Crippen LogP contribution in [0.2, 0.25) is 0 Å². The first kappa shape index (κ1) is 14.0. The van der Waals surface area contributed by atoms with Crippen molar-refractivity contribution in [2.75, 3.05) is 7.05 Å². The lowest BCUT2D eigenvalue weighted by Crippen LogP contribution is -2.17. The van der Waals surface area contributed by atoms with Gasteiger partial charge in [-0.05, 0) is 28.8 Å². The average molecular weight is 267 g/mol. The lowest BCUT2D eigenvalue weighted by molar-refractivity contribution is -0.108. The maximum Gasteiger partial charge on any atom is 0.251 e. The fourth-order valence-corrected chi connectivity index (χ4v) is 2.06. The van der Waals surface area contributed by atoms with E-state index in [1.165, 1.54) is 0 Å². The summed E-state index contributed by atoms with van der Waals surface area (Å²) in [7, 11) is 1.61. The Morgan fingerprint density at radius 1 is 1.10 bits per heavy atom. The van der Waals surface area contributed by atoms with Gasteiger partial charge in [-0.15, -0.1) is 0 Å². The highest BCUT2D eigenvalue weighted by atomic mass is 16.1. The van der Waals surface area contributed by atoms with Crippen LogP contribution in [-0.4, -0.2) is 19.2 Å². The van der Waals surface area contributed by atoms with Gasteiger partial charge in [0.1, 0.15) is 6.29 Å². The minimum Gasteiger partial charge on any atom is -0.355 e. The molecule has 1 amide bonds. The summed E-state index contributed by atoms with van der Waals surface area (Å²) in [5, 5.41) is 2.61. The Bertz CT molecular complexity index is 634. The zero-order valence-electron chi connectivity index (χ0n) is 11.6. The Balaban J connectivity index is 2.41. The van der Waals surface area contributed by atoms with Crippen LogP contribution in [0, 0.1) is 0 Å². The van der Waals surface area contributed by atoms with Crippen molar-refractivity contribution >= 4 is 12.2 Å². The van der Waals surface area contributed by atoms with Gasteiger partial charge >= 0.3 is 0 Å². The standard InChI is InChI=1S/C17H17NO2/c1-12(11-19)13-5-3-6-14(9-13)15-7-4-8-16(10-15)17(20)18-2/h3-12H,1-2H3,(H,18,20). The molecular formula is C17H17NO2. The van der Waals surface area contributed by atoms with Crippen LogP contribution in [0.25, 0.3) is 11.1 Å². The molecule has 20 heavy (non-hydrogen) atoms. The third-order valence-electron chi connectivity index (χ3n) is 3.30. The molecule has 2 rings (SSSR count). The summed E-state index contributed by atoms with van der Waals surface area (Å²) in [6, 6.07) is 15.3. The van der Waals surface area contributed by atoms with E-state index in [0.717, 1.165) is 23.0 Å². The number of carbonyl (C=O) groups is 2. The maximum atomic E-state index is 11.7. The second-order valence-corrected chi connectivity index (χ2v) is 4.71. The lowest BCUT2D eigenvalue weighted by atomic mass is 9.96. The molecule has 2 aromatic carbocycles. The number of hydrogen-bond acceptors (Lipinski definition) is 2. The van der Waals surface area contributed by atoms with E-state index < -0.39 is 0 Å². The fourth-order valence-electron chi connectivity index (χ4n) is 2.06. The smallest absolute Gasteiger partial charge is 0.251 e. The van der Waals surface area contributed by atoms with E-state index in [1.54, 1.807) is 13.1 Å². The lowest BCUT2D eigenvalue weighted by Gasteiger charge is -2.09. The number of aldehydes is 1. The SMILES string of the molecule is CNC(=O)c1cccc(-c2cccc(C(C)C=O)c2)c1. The van der Waals surface area contributed by atoms with Gasteiger partial charge in [0, 0.05) is 18.5 Å². The van der Waals surface area contributed by atoms with Gasteiger partial charge in [0.05, 0.1) is 0 Å². The molecule has 0 aromatic heterocycles. The first-order chi connectivity index (χ1) is 9.65. The third-order valence-corrected chi connectivity index (χ3v) is 3.30. The normalized spacial score (nSPS) is 11.7. The van der Waals surface area contributed by atoms with E-state index in [4.69, 9.17) is 0 Å². The number of nitrogens with one attached hydrogen (secondary N) is 1. The molecule has 3 nitrogen and oxygen atoms in total. The van der Waals surface area contributed by atoms with Crippen LogP contribution in [0.4, 0.5) is 0 Å². The summed E-state index contributed by atoms with van der Waals surface area (Å²) in [5.74, 6) is -0.235. The highest BCUT2D eigenvalue weighted by Gasteiger charge is 2.08. The van der Waals surface area contributed by atoms with Crippen molar-refractivity contribution < 1.29 is 9.59 Å². The Kier molecular flexibility index (Phi) is 4.31. The molecule has 0 saturated carbocycles. The van der Waals surface area contributed by atoms with Gasteiger partial charge in [0.25, 0.3) is 5.91 Å². The molecule has 0 aliphatic heterocycles. The molecule has 1 atom stereocenters. The van der Waals surface area contributed by atoms with Crippen LogP contribution < -0.4 is 5.32 Å². The van der Waals surface area contributed by atoms with E-state index in [9.17, 15) is 9.59 Å². The van der Waals surface area contributed by atoms with Crippen molar-refractivity contribution in [1.82, 2.24) is 5.32 Å². The number of amides is 1. The first-order valence-electron chi connectivity index (χ1n) is 6.53. The minimum atomic E-state index is -0.128. The van der Waals surface area contributed by atoms with Crippen LogP contribution in [0.3, 0.4) is 0 Å². The molecule has 0 aliphatic rings. The maximum absolute atomic E-state index is 11.7. The Hall–Kier alpha value is -2.42. The van der Waals surface area contributed by atoms with Crippen LogP contribution in [0.5, 0.6) is 0 Å². The molecule has 0 spiro atoms. The molecule has 2 aromatic rings. The first-order valence-corrected chi connectivity index (χ1v) is 6.53. The highest BCUT2D eigenvalue weighted by molar-refractivity contribution is 5.95. The van der Waals surface area contributed by atoms with Gasteiger partial charge in [-0.3, -0.25) is 4.79 Å². The van der Waals surface area contributed by atoms with Crippen molar-refractivity contribution in [2.24, 2.45) is 0 Å². The fraction of sp³-hybridized carbons (Fsp3) is 0.176. The van der Waals surface area contributed by atoms with Crippen molar-refractivity contribution in [1.29, 1.82) is 0 Å². The summed E-state index contributed by atoms with van der Waals surface area (Å²) >= 11 is 0. The molecular weight excluding hydrogens is 250 g/mol. The number of hydrogen-bond donors (Lipinski definition) is 1. The van der Waals surface area contributed by atoms with Crippen molar-refractivity contribution in [3.63, 3.8) is 0 Å². The number of carbonyl (C=O) groups excluding carboxylic acids is 2. The second-order valence-electron chi connectivity index (χ2n) is 4.71. The molecule has 102 valence electrons. The molecule has 0 bridgehead atoms. The quantitative estimate of drug-likeness (QED) is 0.865. The predicted octanol–water partition coefficient (Wildman–Crippen LogP) is 3.02. The zero-order chi connectivity index (χ0) is 14.5. The molecule has 1 unspecified atom stereocenters. The Labute approximate surface area is 118 Å². The van der Waals surface area contributed by atoms with Crippen molar-refractivity contribution in [3.8, 4) is 11.1 Å². The summed E-state index contributed by atoms with van der Waals surface area (Å²) < 4.78 is 0. The van der Waals surface area contributed by atoms with Crippen LogP contribution in [0.1, 0.15) is 28.8 Å². The van der Waals surface area contributed by atoms with E-state index in [2.05, 4.69) is 5.32 Å². The second kappa shape index (κ2) is 6.15. The highest BCUT2D eigenvalue weighted by Crippen LogP contribution is 2.24. The van der Waals surface area contributed by atoms with E-state index in [0.29, 0.717) is 5.56 Å². The molecule has 0 fully saturated rings. The Morgan fingerprint density at radius 3 is 2.40 bits per heavy atom. The number of rotatable bonds is 4. The van der Waals surface area contributed by atoms with Gasteiger partial charge in [0.2, 0.25) is 0 Å². The molecule has 0 radical (unpaired) electrons. The van der Waals surface area contributed by atoms with Crippen molar-refractivity contribution in [3.05, 3.63) is 59.7 Å². The Morgan fingerprint density at radius 2 is 1.75 bits per heavy atom. The predicted molar refractivity (Wildman–Crippen MR) is 79.7 cm³/mol. The average Bonchev–Trinajstić information content (AvgIpc) is 2.53. The van der Waals surface area contributed by atoms with Gasteiger partial charge < -0.3 is 10.1 Å². The minimum absolute atomic E-state index is 0.107. The molecule has 0 aliphatic carbocycles. The largest absolute Gasteiger partial charge is 0.355 e. The third kappa shape index (κ3) is 2.94. The van der Waals surface area contributed by atoms with Crippen LogP contribution in [0.15, 0.2) is 48.5 Å². The van der Waals surface area contributed by atoms with Crippen LogP contribution >= 0.6 is 0 Å². The molecule has 0 saturated heterocycles. The number of benzene rings is 2. The van der Waals surface area contributed by atoms with E-state index >= 15 is 0 Å². The monoisotopic (exact) mass is 267 g/mol. The summed E-state index contributed by atoms with van der Waals surface area (Å²) in [6.45, 7) is 1.87. The summed E-state index contributed by atoms with van der Waals surface area (Å²) in [4.78, 5) is 22.5. The zero-order valence-corrected chi connectivity index (χ0v) is 11.6. The van der Waals surface area contributed by atoms with Crippen LogP contribution in [-0.2, 0) is 4.79 Å². The molecule has 0 heterocycles. The van der Waals surface area contributed by atoms with Crippen molar-refractivity contribution in [2.45, 2.75) is 12.8 Å².